The van der Waals surface area contributed by atoms with E-state index in [1.54, 1.807) is 12.1 Å². The van der Waals surface area contributed by atoms with E-state index in [1.807, 2.05) is 26.0 Å². The van der Waals surface area contributed by atoms with Crippen LogP contribution in [0.5, 0.6) is 0 Å². The van der Waals surface area contributed by atoms with Crippen molar-refractivity contribution < 1.29 is 53.8 Å². The lowest BCUT2D eigenvalue weighted by atomic mass is 9.92. The van der Waals surface area contributed by atoms with Gasteiger partial charge in [0, 0.05) is 12.6 Å². The van der Waals surface area contributed by atoms with Crippen LogP contribution in [0.1, 0.15) is 89.6 Å². The van der Waals surface area contributed by atoms with E-state index >= 15 is 0 Å². The predicted octanol–water partition coefficient (Wildman–Crippen LogP) is -2.11. The smallest absolute Gasteiger partial charge is 0.426 e. The number of hydrogen-bond acceptors (Lipinski definition) is 11. The number of nitrogens with zero attached hydrogens (tertiary/aromatic N) is 1. The second kappa shape index (κ2) is 24.7. The quantitative estimate of drug-likeness (QED) is 0.0401. The van der Waals surface area contributed by atoms with Crippen LogP contribution in [0.4, 0.5) is 0 Å². The zero-order chi connectivity index (χ0) is 41.8. The third-order valence-electron chi connectivity index (χ3n) is 8.59. The van der Waals surface area contributed by atoms with Gasteiger partial charge in [0.15, 0.2) is 0 Å². The molecule has 0 spiro atoms. The van der Waals surface area contributed by atoms with Crippen LogP contribution < -0.4 is 31.9 Å². The molecular weight excluding hydrogens is 717 g/mol. The number of likely N-dealkylation sites (N-methyl/N-ethyl adjacent to an activating group) is 1. The van der Waals surface area contributed by atoms with E-state index in [9.17, 15) is 43.8 Å². The number of aryl methyl sites for hydroxylation is 1. The molecule has 55 heavy (non-hydrogen) atoms. The SMILES string of the molecule is CCCCCCc1ccc(C(=O)N[C@H](CO)C(=O)N[C@H](C)C(=O)NCC(=O)N(C)[C@H](C(=O)N[C@@H](C)C(=O)N[C@@H](CC(C)C)C(=O)NCB(O)O)C(C)O)cc1. The number of benzene rings is 1. The number of carbonyl (C=O) groups is 7. The average molecular weight is 778 g/mol. The third-order valence-corrected chi connectivity index (χ3v) is 8.59. The zero-order valence-electron chi connectivity index (χ0n) is 32.9. The topological polar surface area (TPSA) is 276 Å². The maximum Gasteiger partial charge on any atom is 0.472 e. The van der Waals surface area contributed by atoms with Gasteiger partial charge in [0.05, 0.1) is 25.7 Å². The lowest BCUT2D eigenvalue weighted by molar-refractivity contribution is -0.144. The number of unbranched alkanes of at least 4 members (excludes halogenated alkanes) is 3. The molecule has 0 saturated heterocycles. The third kappa shape index (κ3) is 17.6. The van der Waals surface area contributed by atoms with Gasteiger partial charge in [-0.15, -0.1) is 0 Å². The molecule has 0 aliphatic heterocycles. The molecule has 1 aromatic carbocycles. The molecule has 10 N–H and O–H groups in total. The lowest BCUT2D eigenvalue weighted by Gasteiger charge is -2.31. The van der Waals surface area contributed by atoms with Crippen LogP contribution in [-0.4, -0.2) is 137 Å². The first-order valence-corrected chi connectivity index (χ1v) is 18.6. The van der Waals surface area contributed by atoms with Crippen molar-refractivity contribution in [3.05, 3.63) is 35.4 Å². The summed E-state index contributed by atoms with van der Waals surface area (Å²) in [5.74, 6) is -5.43. The maximum absolute atomic E-state index is 13.2. The van der Waals surface area contributed by atoms with Gasteiger partial charge in [-0.3, -0.25) is 33.6 Å². The largest absolute Gasteiger partial charge is 0.472 e. The van der Waals surface area contributed by atoms with Crippen LogP contribution in [0, 0.1) is 5.92 Å². The number of carbonyl (C=O) groups excluding carboxylic acids is 7. The van der Waals surface area contributed by atoms with E-state index in [1.165, 1.54) is 27.8 Å². The van der Waals surface area contributed by atoms with Gasteiger partial charge in [0.1, 0.15) is 30.2 Å². The van der Waals surface area contributed by atoms with Crippen LogP contribution >= 0.6 is 0 Å². The Labute approximate surface area is 323 Å². The highest BCUT2D eigenvalue weighted by Gasteiger charge is 2.34. The summed E-state index contributed by atoms with van der Waals surface area (Å²) >= 11 is 0. The van der Waals surface area contributed by atoms with E-state index in [0.717, 1.165) is 42.6 Å². The number of rotatable bonds is 24. The van der Waals surface area contributed by atoms with E-state index in [-0.39, 0.29) is 17.9 Å². The Morgan fingerprint density at radius 3 is 1.87 bits per heavy atom. The van der Waals surface area contributed by atoms with Gasteiger partial charge < -0.3 is 57.1 Å². The molecule has 0 fully saturated rings. The summed E-state index contributed by atoms with van der Waals surface area (Å²) in [6.45, 7) is 8.24. The van der Waals surface area contributed by atoms with Crippen molar-refractivity contribution in [2.45, 2.75) is 116 Å². The average Bonchev–Trinajstić information content (AvgIpc) is 3.12. The number of amides is 7. The predicted molar refractivity (Wildman–Crippen MR) is 204 cm³/mol. The molecule has 308 valence electrons. The number of aliphatic hydroxyl groups is 2. The van der Waals surface area contributed by atoms with Crippen LogP contribution in [0.3, 0.4) is 0 Å². The van der Waals surface area contributed by atoms with Crippen LogP contribution in [0.2, 0.25) is 0 Å². The molecule has 18 nitrogen and oxygen atoms in total. The summed E-state index contributed by atoms with van der Waals surface area (Å²) in [5, 5.41) is 52.6. The second-order valence-corrected chi connectivity index (χ2v) is 14.0. The van der Waals surface area contributed by atoms with Gasteiger partial charge in [-0.2, -0.15) is 0 Å². The Morgan fingerprint density at radius 2 is 1.33 bits per heavy atom. The first-order chi connectivity index (χ1) is 25.8. The van der Waals surface area contributed by atoms with Crippen molar-refractivity contribution >= 4 is 48.5 Å². The molecule has 0 radical (unpaired) electrons. The summed E-state index contributed by atoms with van der Waals surface area (Å²) in [6, 6.07) is 0.543. The van der Waals surface area contributed by atoms with E-state index < -0.39 is 104 Å². The number of hydrogen-bond donors (Lipinski definition) is 10. The lowest BCUT2D eigenvalue weighted by Crippen LogP contribution is -2.59. The van der Waals surface area contributed by atoms with Crippen LogP contribution in [-0.2, 0) is 35.2 Å². The van der Waals surface area contributed by atoms with E-state index in [2.05, 4.69) is 38.8 Å². The fourth-order valence-electron chi connectivity index (χ4n) is 5.39. The van der Waals surface area contributed by atoms with Gasteiger partial charge in [-0.05, 0) is 63.6 Å². The highest BCUT2D eigenvalue weighted by atomic mass is 16.4. The maximum atomic E-state index is 13.2. The molecular formula is C36H60BN7O11. The molecule has 1 rings (SSSR count). The highest BCUT2D eigenvalue weighted by molar-refractivity contribution is 6.41. The number of aliphatic hydroxyl groups excluding tert-OH is 2. The zero-order valence-corrected chi connectivity index (χ0v) is 32.9. The van der Waals surface area contributed by atoms with Crippen LogP contribution in [0.15, 0.2) is 24.3 Å². The standard InChI is InChI=1S/C36H60BN7O11/c1-8-9-10-11-12-25-13-15-26(16-14-25)33(50)43-28(19-45)35(52)40-22(4)31(48)38-18-29(47)44(7)30(24(6)46)36(53)41-23(5)32(49)42-27(17-21(2)3)34(51)39-20-37(54)55/h13-16,21-24,27-28,30,45-46,54-55H,8-12,17-20H2,1-7H3,(H,38,48)(H,39,51)(H,40,52)(H,41,53)(H,42,49)(H,43,50)/t22-,23+,24?,27+,28-,30+/m1/s1. The second-order valence-electron chi connectivity index (χ2n) is 14.0. The van der Waals surface area contributed by atoms with Crippen molar-refractivity contribution in [3.63, 3.8) is 0 Å². The Morgan fingerprint density at radius 1 is 0.727 bits per heavy atom. The van der Waals surface area contributed by atoms with Gasteiger partial charge in [-0.1, -0.05) is 52.2 Å². The minimum absolute atomic E-state index is 0.0392. The summed E-state index contributed by atoms with van der Waals surface area (Å²) in [7, 11) is -0.591. The summed E-state index contributed by atoms with van der Waals surface area (Å²) < 4.78 is 0. The molecule has 0 bridgehead atoms. The first kappa shape index (κ1) is 48.4. The molecule has 0 heterocycles. The minimum atomic E-state index is -1.79. The molecule has 0 aliphatic carbocycles. The molecule has 7 amide bonds. The summed E-state index contributed by atoms with van der Waals surface area (Å²) in [6.07, 6.45) is 3.64. The van der Waals surface area contributed by atoms with Gasteiger partial charge >= 0.3 is 7.12 Å². The van der Waals surface area contributed by atoms with Crippen molar-refractivity contribution in [1.82, 2.24) is 36.8 Å². The molecule has 0 aromatic heterocycles. The van der Waals surface area contributed by atoms with Gasteiger partial charge in [0.25, 0.3) is 5.91 Å². The Kier molecular flexibility index (Phi) is 21.8. The van der Waals surface area contributed by atoms with E-state index in [4.69, 9.17) is 10.0 Å². The molecule has 0 aliphatic rings. The molecule has 0 saturated carbocycles. The van der Waals surface area contributed by atoms with E-state index in [0.29, 0.717) is 0 Å². The van der Waals surface area contributed by atoms with Crippen molar-refractivity contribution in [2.24, 2.45) is 5.92 Å². The number of nitrogens with one attached hydrogen (secondary N) is 6. The normalized spacial score (nSPS) is 14.3. The summed E-state index contributed by atoms with van der Waals surface area (Å²) in [5.41, 5.74) is 1.36. The van der Waals surface area contributed by atoms with Crippen molar-refractivity contribution in [2.75, 3.05) is 26.6 Å². The van der Waals surface area contributed by atoms with Crippen molar-refractivity contribution in [1.29, 1.82) is 0 Å². The van der Waals surface area contributed by atoms with Crippen molar-refractivity contribution in [3.8, 4) is 0 Å². The fourth-order valence-corrected chi connectivity index (χ4v) is 5.39. The van der Waals surface area contributed by atoms with Gasteiger partial charge in [0.2, 0.25) is 35.4 Å². The molecule has 1 aromatic rings. The van der Waals surface area contributed by atoms with Crippen LogP contribution in [0.25, 0.3) is 0 Å². The molecule has 1 unspecified atom stereocenters. The Hall–Kier alpha value is -4.59. The Balaban J connectivity index is 2.75. The fraction of sp³-hybridized carbons (Fsp3) is 0.639. The minimum Gasteiger partial charge on any atom is -0.426 e. The molecule has 6 atom stereocenters. The van der Waals surface area contributed by atoms with Gasteiger partial charge in [-0.25, -0.2) is 0 Å². The monoisotopic (exact) mass is 777 g/mol. The molecule has 19 heteroatoms. The first-order valence-electron chi connectivity index (χ1n) is 18.6. The Bertz CT molecular complexity index is 1430. The highest BCUT2D eigenvalue weighted by Crippen LogP contribution is 2.11. The summed E-state index contributed by atoms with van der Waals surface area (Å²) in [4.78, 5) is 90.8.